The summed E-state index contributed by atoms with van der Waals surface area (Å²) in [5.74, 6) is 0. The molecule has 1 unspecified atom stereocenters. The molecule has 0 aromatic heterocycles. The fraction of sp³-hybridized carbons (Fsp3) is 0.326. The molecule has 2 aromatic carbocycles. The van der Waals surface area contributed by atoms with Gasteiger partial charge in [0.1, 0.15) is 0 Å². The van der Waals surface area contributed by atoms with Gasteiger partial charge in [0.05, 0.1) is 0 Å². The predicted octanol–water partition coefficient (Wildman–Crippen LogP) is 13.1. The molecule has 8 heteroatoms. The molecule has 0 amide bonds. The van der Waals surface area contributed by atoms with Crippen LogP contribution in [0.25, 0.3) is 0 Å². The van der Waals surface area contributed by atoms with Crippen LogP contribution in [0, 0.1) is 41.5 Å². The van der Waals surface area contributed by atoms with Crippen LogP contribution in [0.2, 0.25) is 13.1 Å². The minimum atomic E-state index is -4.84. The van der Waals surface area contributed by atoms with Crippen LogP contribution in [0.15, 0.2) is 107 Å². The van der Waals surface area contributed by atoms with Crippen molar-refractivity contribution in [3.63, 3.8) is 0 Å². The van der Waals surface area contributed by atoms with E-state index in [0.717, 1.165) is 46.3 Å². The molecule has 0 spiro atoms. The van der Waals surface area contributed by atoms with Gasteiger partial charge in [-0.2, -0.15) is 0 Å². The van der Waals surface area contributed by atoms with Crippen molar-refractivity contribution < 1.29 is 22.6 Å². The molecule has 0 radical (unpaired) electrons. The molecule has 0 heterocycles. The van der Waals surface area contributed by atoms with Gasteiger partial charge < -0.3 is 8.43 Å². The van der Waals surface area contributed by atoms with Gasteiger partial charge in [0.2, 0.25) is 0 Å². The van der Waals surface area contributed by atoms with Gasteiger partial charge in [-0.05, 0) is 145 Å². The molecule has 0 saturated heterocycles. The number of aryl methyl sites for hydroxylation is 6. The topological polar surface area (TPSA) is 69.7 Å². The van der Waals surface area contributed by atoms with Gasteiger partial charge >= 0.3 is 15.9 Å². The van der Waals surface area contributed by atoms with E-state index in [1.54, 1.807) is 40.8 Å². The Kier molecular flexibility index (Phi) is 12.9. The molecule has 0 N–H and O–H groups in total. The van der Waals surface area contributed by atoms with Gasteiger partial charge in [-0.25, -0.2) is 0 Å². The van der Waals surface area contributed by atoms with Crippen LogP contribution in [0.1, 0.15) is 94.6 Å². The van der Waals surface area contributed by atoms with Gasteiger partial charge in [-0.3, -0.25) is 14.2 Å². The molecular weight excluding hydrogens is 687 g/mol. The zero-order valence-electron chi connectivity index (χ0n) is 32.8. The summed E-state index contributed by atoms with van der Waals surface area (Å²) < 4.78 is 29.1. The normalized spacial score (nSPS) is 15.2. The standard InChI is InChI=1S/C43H56O5P2Si/c1-26(2)20-30(6)36(12)37(13)49(15,38(14)39-19-18-27(3)21-31(39)7)47-51(16,17)48-50(46,42(44)40-32(8)22-28(4)23-33(40)9)43(45)41-34(10)24-29(5)25-35(41)11/h20-25H,1,12-15,18-19H2,2-11,16-17H3/b30-20-. The van der Waals surface area contributed by atoms with Crippen molar-refractivity contribution in [1.29, 1.82) is 0 Å². The van der Waals surface area contributed by atoms with E-state index < -0.39 is 34.1 Å². The summed E-state index contributed by atoms with van der Waals surface area (Å²) in [6.45, 7) is 39.8. The van der Waals surface area contributed by atoms with Crippen molar-refractivity contribution in [2.75, 3.05) is 0 Å². The van der Waals surface area contributed by atoms with E-state index >= 15 is 4.57 Å². The number of carbonyl (C=O) groups is 2. The quantitative estimate of drug-likeness (QED) is 0.109. The Morgan fingerprint density at radius 3 is 1.57 bits per heavy atom. The second-order valence-electron chi connectivity index (χ2n) is 14.7. The predicted molar refractivity (Wildman–Crippen MR) is 223 cm³/mol. The first kappa shape index (κ1) is 42.0. The fourth-order valence-electron chi connectivity index (χ4n) is 7.02. The van der Waals surface area contributed by atoms with E-state index in [0.29, 0.717) is 38.5 Å². The van der Waals surface area contributed by atoms with Gasteiger partial charge in [-0.15, -0.1) is 0 Å². The highest BCUT2D eigenvalue weighted by Gasteiger charge is 2.51. The lowest BCUT2D eigenvalue weighted by Gasteiger charge is -2.39. The van der Waals surface area contributed by atoms with Crippen molar-refractivity contribution in [3.8, 4) is 0 Å². The first-order valence-corrected chi connectivity index (χ1v) is 23.5. The van der Waals surface area contributed by atoms with Crippen molar-refractivity contribution in [2.24, 2.45) is 0 Å². The number of carbonyl (C=O) groups excluding carboxylic acids is 2. The first-order chi connectivity index (χ1) is 23.4. The molecule has 0 fully saturated rings. The third-order valence-electron chi connectivity index (χ3n) is 9.26. The van der Waals surface area contributed by atoms with E-state index in [-0.39, 0.29) is 11.1 Å². The first-order valence-electron chi connectivity index (χ1n) is 17.2. The second-order valence-corrected chi connectivity index (χ2v) is 23.5. The molecule has 3 rings (SSSR count). The number of hydrogen-bond donors (Lipinski definition) is 0. The minimum absolute atomic E-state index is 0.216. The molecular formula is C43H56O5P2Si. The number of allylic oxidation sites excluding steroid dienone is 10. The Morgan fingerprint density at radius 2 is 1.18 bits per heavy atom. The smallest absolute Gasteiger partial charge is 0.342 e. The maximum atomic E-state index is 15.5. The lowest BCUT2D eigenvalue weighted by Crippen LogP contribution is -2.36. The third kappa shape index (κ3) is 8.99. The van der Waals surface area contributed by atoms with E-state index in [1.807, 2.05) is 65.0 Å². The maximum Gasteiger partial charge on any atom is 0.342 e. The summed E-state index contributed by atoms with van der Waals surface area (Å²) in [5, 5.41) is 1.21. The van der Waals surface area contributed by atoms with Crippen molar-refractivity contribution in [1.82, 2.24) is 0 Å². The van der Waals surface area contributed by atoms with E-state index in [9.17, 15) is 9.59 Å². The molecule has 5 nitrogen and oxygen atoms in total. The van der Waals surface area contributed by atoms with Crippen LogP contribution in [0.5, 0.6) is 0 Å². The molecule has 1 aliphatic rings. The Bertz CT molecular complexity index is 1970. The molecule has 1 atom stereocenters. The maximum absolute atomic E-state index is 15.5. The zero-order chi connectivity index (χ0) is 39.0. The highest BCUT2D eigenvalue weighted by molar-refractivity contribution is 7.92. The van der Waals surface area contributed by atoms with Crippen molar-refractivity contribution >= 4 is 40.4 Å². The SMILES string of the molecule is C=C(C)/C=C(/C)C(=C)C(=C)P(=C)(O[Si](C)(C)OP(=O)(C(=O)c1c(C)cc(C)cc1C)C(=O)c1c(C)cc(C)cc1C)C(=C)C1=C(C)C=C(C)CC1. The van der Waals surface area contributed by atoms with Crippen LogP contribution in [0.3, 0.4) is 0 Å². The summed E-state index contributed by atoms with van der Waals surface area (Å²) in [7, 11) is -11.8. The number of hydrogen-bond acceptors (Lipinski definition) is 5. The average molecular weight is 743 g/mol. The largest absolute Gasteiger partial charge is 0.366 e. The summed E-state index contributed by atoms with van der Waals surface area (Å²) in [6, 6.07) is 7.39. The van der Waals surface area contributed by atoms with Crippen LogP contribution in [0.4, 0.5) is 0 Å². The van der Waals surface area contributed by atoms with Crippen molar-refractivity contribution in [2.45, 2.75) is 95.2 Å². The molecule has 51 heavy (non-hydrogen) atoms. The minimum Gasteiger partial charge on any atom is -0.366 e. The van der Waals surface area contributed by atoms with Crippen LogP contribution >= 0.6 is 14.5 Å². The molecule has 2 aromatic rings. The van der Waals surface area contributed by atoms with Gasteiger partial charge in [-0.1, -0.05) is 91.3 Å². The molecule has 1 aliphatic carbocycles. The van der Waals surface area contributed by atoms with E-state index in [2.05, 4.69) is 39.3 Å². The van der Waals surface area contributed by atoms with E-state index in [4.69, 9.17) is 14.7 Å². The highest BCUT2D eigenvalue weighted by atomic mass is 31.2. The average Bonchev–Trinajstić information content (AvgIpc) is 2.97. The summed E-state index contributed by atoms with van der Waals surface area (Å²) in [6.07, 6.45) is 10.4. The Morgan fingerprint density at radius 1 is 0.745 bits per heavy atom. The third-order valence-corrected chi connectivity index (χ3v) is 18.8. The summed E-state index contributed by atoms with van der Waals surface area (Å²) >= 11 is 0. The Hall–Kier alpha value is -3.37. The molecule has 0 saturated carbocycles. The van der Waals surface area contributed by atoms with Gasteiger partial charge in [0, 0.05) is 23.6 Å². The lowest BCUT2D eigenvalue weighted by atomic mass is 9.94. The summed E-state index contributed by atoms with van der Waals surface area (Å²) in [4.78, 5) is 29.5. The van der Waals surface area contributed by atoms with Crippen LogP contribution < -0.4 is 0 Å². The van der Waals surface area contributed by atoms with Crippen LogP contribution in [-0.4, -0.2) is 25.9 Å². The second kappa shape index (κ2) is 15.7. The molecule has 0 bridgehead atoms. The number of rotatable bonds is 14. The van der Waals surface area contributed by atoms with E-state index in [1.165, 1.54) is 5.57 Å². The highest BCUT2D eigenvalue weighted by Crippen LogP contribution is 2.68. The van der Waals surface area contributed by atoms with Crippen LogP contribution in [-0.2, 0) is 13.0 Å². The van der Waals surface area contributed by atoms with Crippen molar-refractivity contribution in [3.05, 3.63) is 151 Å². The monoisotopic (exact) mass is 742 g/mol. The number of benzene rings is 2. The molecule has 0 aliphatic heterocycles. The molecule has 272 valence electrons. The Labute approximate surface area is 308 Å². The Balaban J connectivity index is 2.30. The van der Waals surface area contributed by atoms with Gasteiger partial charge in [0.15, 0.2) is 0 Å². The van der Waals surface area contributed by atoms with Gasteiger partial charge in [0.25, 0.3) is 11.0 Å². The zero-order valence-corrected chi connectivity index (χ0v) is 35.6. The fourth-order valence-corrected chi connectivity index (χ4v) is 17.6. The summed E-state index contributed by atoms with van der Waals surface area (Å²) in [5.41, 5.74) is 8.76. The lowest BCUT2D eigenvalue weighted by molar-refractivity contribution is 0.101.